The minimum Gasteiger partial charge on any atom is -0.497 e. The molecular weight excluding hydrogens is 224 g/mol. The summed E-state index contributed by atoms with van der Waals surface area (Å²) in [6.45, 7) is 4.03. The summed E-state index contributed by atoms with van der Waals surface area (Å²) < 4.78 is 5.05. The summed E-state index contributed by atoms with van der Waals surface area (Å²) in [6.07, 6.45) is 1.69. The van der Waals surface area contributed by atoms with Crippen molar-refractivity contribution in [1.29, 1.82) is 0 Å². The lowest BCUT2D eigenvalue weighted by Crippen LogP contribution is -2.13. The van der Waals surface area contributed by atoms with E-state index in [1.807, 2.05) is 13.8 Å². The maximum Gasteiger partial charge on any atom is 0.167 e. The van der Waals surface area contributed by atoms with Crippen molar-refractivity contribution in [3.8, 4) is 5.75 Å². The summed E-state index contributed by atoms with van der Waals surface area (Å²) in [5, 5.41) is 0.469. The minimum atomic E-state index is 0.0610. The number of halogens is 1. The molecule has 0 aliphatic rings. The zero-order valence-electron chi connectivity index (χ0n) is 9.92. The Hall–Kier alpha value is -1.02. The van der Waals surface area contributed by atoms with Crippen molar-refractivity contribution in [2.24, 2.45) is 5.92 Å². The highest BCUT2D eigenvalue weighted by atomic mass is 35.5. The third-order valence-electron chi connectivity index (χ3n) is 2.80. The Bertz CT molecular complexity index is 370. The van der Waals surface area contributed by atoms with Gasteiger partial charge in [0.1, 0.15) is 5.75 Å². The molecule has 0 N–H and O–H groups in total. The highest BCUT2D eigenvalue weighted by molar-refractivity contribution is 6.34. The Balaban J connectivity index is 3.00. The van der Waals surface area contributed by atoms with Crippen molar-refractivity contribution in [3.63, 3.8) is 0 Å². The summed E-state index contributed by atoms with van der Waals surface area (Å²) >= 11 is 6.06. The Labute approximate surface area is 102 Å². The topological polar surface area (TPSA) is 26.3 Å². The molecule has 0 fully saturated rings. The van der Waals surface area contributed by atoms with E-state index in [9.17, 15) is 4.79 Å². The standard InChI is InChI=1S/C13H17ClO2/c1-4-9(5-2)13(15)11-7-6-10(16-3)8-12(11)14/h6-9H,4-5H2,1-3H3. The number of hydrogen-bond donors (Lipinski definition) is 0. The van der Waals surface area contributed by atoms with Crippen molar-refractivity contribution >= 4 is 17.4 Å². The van der Waals surface area contributed by atoms with E-state index in [0.29, 0.717) is 16.3 Å². The van der Waals surface area contributed by atoms with Gasteiger partial charge in [-0.2, -0.15) is 0 Å². The first kappa shape index (κ1) is 13.0. The smallest absolute Gasteiger partial charge is 0.167 e. The largest absolute Gasteiger partial charge is 0.497 e. The van der Waals surface area contributed by atoms with Crippen LogP contribution in [-0.4, -0.2) is 12.9 Å². The molecule has 0 heterocycles. The highest BCUT2D eigenvalue weighted by Gasteiger charge is 2.18. The molecule has 0 radical (unpaired) electrons. The summed E-state index contributed by atoms with van der Waals surface area (Å²) in [6, 6.07) is 5.18. The predicted octanol–water partition coefficient (Wildman–Crippen LogP) is 3.97. The first-order valence-corrected chi connectivity index (χ1v) is 5.89. The lowest BCUT2D eigenvalue weighted by Gasteiger charge is -2.12. The number of hydrogen-bond acceptors (Lipinski definition) is 2. The van der Waals surface area contributed by atoms with Gasteiger partial charge in [-0.25, -0.2) is 0 Å². The average Bonchev–Trinajstić information content (AvgIpc) is 2.30. The van der Waals surface area contributed by atoms with E-state index >= 15 is 0 Å². The van der Waals surface area contributed by atoms with Crippen LogP contribution in [-0.2, 0) is 0 Å². The van der Waals surface area contributed by atoms with Gasteiger partial charge in [-0.3, -0.25) is 4.79 Å². The van der Waals surface area contributed by atoms with Gasteiger partial charge in [0.25, 0.3) is 0 Å². The van der Waals surface area contributed by atoms with Gasteiger partial charge in [0, 0.05) is 11.5 Å². The van der Waals surface area contributed by atoms with E-state index in [4.69, 9.17) is 16.3 Å². The predicted molar refractivity (Wildman–Crippen MR) is 66.4 cm³/mol. The second-order valence-electron chi connectivity index (χ2n) is 3.72. The third-order valence-corrected chi connectivity index (χ3v) is 3.11. The summed E-state index contributed by atoms with van der Waals surface area (Å²) in [5.74, 6) is 0.856. The second kappa shape index (κ2) is 5.90. The number of benzene rings is 1. The van der Waals surface area contributed by atoms with Crippen molar-refractivity contribution in [1.82, 2.24) is 0 Å². The molecule has 1 aromatic carbocycles. The van der Waals surface area contributed by atoms with Crippen molar-refractivity contribution in [2.75, 3.05) is 7.11 Å². The monoisotopic (exact) mass is 240 g/mol. The van der Waals surface area contributed by atoms with E-state index in [2.05, 4.69) is 0 Å². The van der Waals surface area contributed by atoms with E-state index in [1.165, 1.54) is 0 Å². The van der Waals surface area contributed by atoms with Gasteiger partial charge >= 0.3 is 0 Å². The average molecular weight is 241 g/mol. The van der Waals surface area contributed by atoms with E-state index in [0.717, 1.165) is 12.8 Å². The van der Waals surface area contributed by atoms with Crippen LogP contribution in [0.15, 0.2) is 18.2 Å². The zero-order valence-corrected chi connectivity index (χ0v) is 10.7. The van der Waals surface area contributed by atoms with Crippen LogP contribution in [0.1, 0.15) is 37.0 Å². The van der Waals surface area contributed by atoms with Crippen LogP contribution in [0.4, 0.5) is 0 Å². The Morgan fingerprint density at radius 2 is 2.00 bits per heavy atom. The van der Waals surface area contributed by atoms with Crippen LogP contribution in [0, 0.1) is 5.92 Å². The molecular formula is C13H17ClO2. The van der Waals surface area contributed by atoms with Crippen LogP contribution in [0.2, 0.25) is 5.02 Å². The molecule has 0 aromatic heterocycles. The van der Waals surface area contributed by atoms with Crippen molar-refractivity contribution in [3.05, 3.63) is 28.8 Å². The number of ether oxygens (including phenoxy) is 1. The molecule has 3 heteroatoms. The highest BCUT2D eigenvalue weighted by Crippen LogP contribution is 2.26. The molecule has 88 valence electrons. The minimum absolute atomic E-state index is 0.0610. The fourth-order valence-electron chi connectivity index (χ4n) is 1.70. The van der Waals surface area contributed by atoms with Crippen LogP contribution in [0.3, 0.4) is 0 Å². The SMILES string of the molecule is CCC(CC)C(=O)c1ccc(OC)cc1Cl. The molecule has 16 heavy (non-hydrogen) atoms. The van der Waals surface area contributed by atoms with E-state index < -0.39 is 0 Å². The molecule has 0 spiro atoms. The van der Waals surface area contributed by atoms with Crippen LogP contribution in [0.5, 0.6) is 5.75 Å². The maximum atomic E-state index is 12.1. The molecule has 0 amide bonds. The van der Waals surface area contributed by atoms with Gasteiger partial charge in [-0.15, -0.1) is 0 Å². The van der Waals surface area contributed by atoms with Gasteiger partial charge < -0.3 is 4.74 Å². The first-order chi connectivity index (χ1) is 7.63. The zero-order chi connectivity index (χ0) is 12.1. The molecule has 0 unspecified atom stereocenters. The molecule has 2 nitrogen and oxygen atoms in total. The molecule has 0 saturated heterocycles. The lowest BCUT2D eigenvalue weighted by molar-refractivity contribution is 0.0913. The van der Waals surface area contributed by atoms with Gasteiger partial charge in [-0.05, 0) is 31.0 Å². The Kier molecular flexibility index (Phi) is 4.81. The molecule has 0 aliphatic carbocycles. The number of methoxy groups -OCH3 is 1. The van der Waals surface area contributed by atoms with Crippen LogP contribution in [0.25, 0.3) is 0 Å². The van der Waals surface area contributed by atoms with Crippen molar-refractivity contribution < 1.29 is 9.53 Å². The molecule has 0 aliphatic heterocycles. The number of ketones is 1. The number of Topliss-reactive ketones (excluding diaryl/α,β-unsaturated/α-hetero) is 1. The Morgan fingerprint density at radius 3 is 2.44 bits per heavy atom. The van der Waals surface area contributed by atoms with Gasteiger partial charge in [0.05, 0.1) is 12.1 Å². The van der Waals surface area contributed by atoms with Crippen molar-refractivity contribution in [2.45, 2.75) is 26.7 Å². The summed E-state index contributed by atoms with van der Waals surface area (Å²) in [5.41, 5.74) is 0.594. The molecule has 0 saturated carbocycles. The summed E-state index contributed by atoms with van der Waals surface area (Å²) in [7, 11) is 1.58. The molecule has 1 rings (SSSR count). The molecule has 0 bridgehead atoms. The summed E-state index contributed by atoms with van der Waals surface area (Å²) in [4.78, 5) is 12.1. The van der Waals surface area contributed by atoms with E-state index in [1.54, 1.807) is 25.3 Å². The number of carbonyl (C=O) groups excluding carboxylic acids is 1. The molecule has 0 atom stereocenters. The second-order valence-corrected chi connectivity index (χ2v) is 4.13. The fraction of sp³-hybridized carbons (Fsp3) is 0.462. The molecule has 1 aromatic rings. The van der Waals surface area contributed by atoms with E-state index in [-0.39, 0.29) is 11.7 Å². The van der Waals surface area contributed by atoms with Crippen LogP contribution >= 0.6 is 11.6 Å². The van der Waals surface area contributed by atoms with Gasteiger partial charge in [-0.1, -0.05) is 25.4 Å². The quantitative estimate of drug-likeness (QED) is 0.728. The normalized spacial score (nSPS) is 10.6. The fourth-order valence-corrected chi connectivity index (χ4v) is 1.97. The van der Waals surface area contributed by atoms with Gasteiger partial charge in [0.2, 0.25) is 0 Å². The number of rotatable bonds is 5. The van der Waals surface area contributed by atoms with Gasteiger partial charge in [0.15, 0.2) is 5.78 Å². The number of carbonyl (C=O) groups is 1. The third kappa shape index (κ3) is 2.76. The maximum absolute atomic E-state index is 12.1. The first-order valence-electron chi connectivity index (χ1n) is 5.51. The van der Waals surface area contributed by atoms with Crippen LogP contribution < -0.4 is 4.74 Å². The Morgan fingerprint density at radius 1 is 1.38 bits per heavy atom. The lowest BCUT2D eigenvalue weighted by atomic mass is 9.93.